The van der Waals surface area contributed by atoms with Gasteiger partial charge in [0.15, 0.2) is 0 Å². The molecule has 19 heavy (non-hydrogen) atoms. The van der Waals surface area contributed by atoms with E-state index in [9.17, 15) is 8.78 Å². The van der Waals surface area contributed by atoms with Gasteiger partial charge in [-0.1, -0.05) is 54.0 Å². The van der Waals surface area contributed by atoms with Crippen LogP contribution in [0.4, 0.5) is 8.78 Å². The molecule has 0 fully saturated rings. The van der Waals surface area contributed by atoms with Crippen molar-refractivity contribution in [2.45, 2.75) is 43.9 Å². The highest BCUT2D eigenvalue weighted by Crippen LogP contribution is 2.28. The largest absolute Gasteiger partial charge is 0.375 e. The lowest BCUT2D eigenvalue weighted by Crippen LogP contribution is -2.06. The van der Waals surface area contributed by atoms with E-state index < -0.39 is 13.0 Å². The number of ether oxygens (including phenoxy) is 1. The molecular formula is C15H21BrF2O. The van der Waals surface area contributed by atoms with E-state index in [0.717, 1.165) is 12.0 Å². The fraction of sp³-hybridized carbons (Fsp3) is 0.600. The van der Waals surface area contributed by atoms with Crippen molar-refractivity contribution >= 4 is 15.9 Å². The molecule has 0 aliphatic rings. The zero-order valence-corrected chi connectivity index (χ0v) is 13.0. The van der Waals surface area contributed by atoms with E-state index in [0.29, 0.717) is 18.9 Å². The van der Waals surface area contributed by atoms with Crippen molar-refractivity contribution in [2.24, 2.45) is 0 Å². The lowest BCUT2D eigenvalue weighted by atomic mass is 9.97. The van der Waals surface area contributed by atoms with Gasteiger partial charge in [-0.05, 0) is 29.9 Å². The van der Waals surface area contributed by atoms with Crippen molar-refractivity contribution in [1.82, 2.24) is 0 Å². The quantitative estimate of drug-likeness (QED) is 0.462. The van der Waals surface area contributed by atoms with Crippen LogP contribution in [-0.2, 0) is 4.74 Å². The fourth-order valence-corrected chi connectivity index (χ4v) is 2.29. The van der Waals surface area contributed by atoms with Gasteiger partial charge in [-0.3, -0.25) is 0 Å². The zero-order valence-electron chi connectivity index (χ0n) is 11.4. The highest BCUT2D eigenvalue weighted by atomic mass is 79.9. The molecule has 0 aromatic heterocycles. The summed E-state index contributed by atoms with van der Waals surface area (Å²) in [6.07, 6.45) is -0.572. The maximum Gasteiger partial charge on any atom is 0.261 e. The smallest absolute Gasteiger partial charge is 0.261 e. The molecule has 1 nitrogen and oxygen atoms in total. The van der Waals surface area contributed by atoms with Crippen LogP contribution < -0.4 is 0 Å². The number of benzene rings is 1. The van der Waals surface area contributed by atoms with Crippen LogP contribution in [0.5, 0.6) is 0 Å². The molecule has 1 aromatic rings. The lowest BCUT2D eigenvalue weighted by Gasteiger charge is -2.13. The topological polar surface area (TPSA) is 9.23 Å². The summed E-state index contributed by atoms with van der Waals surface area (Å²) in [5.41, 5.74) is 2.49. The fourth-order valence-electron chi connectivity index (χ4n) is 1.79. The van der Waals surface area contributed by atoms with E-state index in [1.165, 1.54) is 5.56 Å². The molecule has 108 valence electrons. The molecule has 1 rings (SSSR count). The zero-order chi connectivity index (χ0) is 14.3. The highest BCUT2D eigenvalue weighted by molar-refractivity contribution is 9.09. The molecule has 0 saturated heterocycles. The van der Waals surface area contributed by atoms with E-state index in [4.69, 9.17) is 4.74 Å². The Balaban J connectivity index is 2.42. The van der Waals surface area contributed by atoms with Gasteiger partial charge in [0.25, 0.3) is 6.43 Å². The van der Waals surface area contributed by atoms with Crippen LogP contribution in [0, 0.1) is 0 Å². The molecule has 2 atom stereocenters. The summed E-state index contributed by atoms with van der Waals surface area (Å²) >= 11 is 3.56. The maximum absolute atomic E-state index is 11.9. The second-order valence-electron chi connectivity index (χ2n) is 4.70. The number of hydrogen-bond donors (Lipinski definition) is 0. The Morgan fingerprint density at radius 1 is 1.16 bits per heavy atom. The number of rotatable bonds is 8. The molecule has 4 heteroatoms. The average Bonchev–Trinajstić information content (AvgIpc) is 2.42. The van der Waals surface area contributed by atoms with Crippen LogP contribution in [0.15, 0.2) is 24.3 Å². The average molecular weight is 335 g/mol. The number of alkyl halides is 3. The second-order valence-corrected chi connectivity index (χ2v) is 5.80. The Morgan fingerprint density at radius 3 is 2.26 bits per heavy atom. The molecule has 0 N–H and O–H groups in total. The molecule has 0 bridgehead atoms. The molecule has 1 aromatic carbocycles. The molecule has 0 aliphatic carbocycles. The number of hydrogen-bond acceptors (Lipinski definition) is 1. The summed E-state index contributed by atoms with van der Waals surface area (Å²) in [6, 6.07) is 8.46. The first-order valence-corrected chi connectivity index (χ1v) is 7.56. The third-order valence-corrected chi connectivity index (χ3v) is 4.23. The Morgan fingerprint density at radius 2 is 1.74 bits per heavy atom. The van der Waals surface area contributed by atoms with Crippen LogP contribution in [0.25, 0.3) is 0 Å². The van der Waals surface area contributed by atoms with Crippen LogP contribution in [-0.4, -0.2) is 19.6 Å². The first-order chi connectivity index (χ1) is 9.04. The maximum atomic E-state index is 11.9. The van der Waals surface area contributed by atoms with Crippen LogP contribution in [0.3, 0.4) is 0 Å². The molecular weight excluding hydrogens is 314 g/mol. The normalized spacial score (nSPS) is 14.6. The van der Waals surface area contributed by atoms with Crippen LogP contribution in [0.2, 0.25) is 0 Å². The Labute approximate surface area is 122 Å². The predicted molar refractivity (Wildman–Crippen MR) is 78.3 cm³/mol. The minimum Gasteiger partial charge on any atom is -0.375 e. The Kier molecular flexibility index (Phi) is 7.54. The first-order valence-electron chi connectivity index (χ1n) is 6.64. The summed E-state index contributed by atoms with van der Waals surface area (Å²) in [4.78, 5) is 0.149. The van der Waals surface area contributed by atoms with Gasteiger partial charge in [0.05, 0.1) is 0 Å². The minimum atomic E-state index is -2.39. The summed E-state index contributed by atoms with van der Waals surface area (Å²) in [6.45, 7) is 4.24. The number of halogens is 3. The molecule has 0 radical (unpaired) electrons. The highest BCUT2D eigenvalue weighted by Gasteiger charge is 2.10. The van der Waals surface area contributed by atoms with Crippen molar-refractivity contribution in [3.8, 4) is 0 Å². The van der Waals surface area contributed by atoms with Gasteiger partial charge < -0.3 is 4.74 Å². The third-order valence-electron chi connectivity index (χ3n) is 3.24. The van der Waals surface area contributed by atoms with Crippen molar-refractivity contribution in [2.75, 3.05) is 13.2 Å². The standard InChI is InChI=1S/C15H21BrF2O/c1-3-11(2)12-4-6-13(7-5-12)14(16)8-9-19-10-15(17)18/h4-7,11,14-15H,3,8-10H2,1-2H3. The second kappa shape index (κ2) is 8.64. The minimum absolute atomic E-state index is 0.149. The Hall–Kier alpha value is -0.480. The van der Waals surface area contributed by atoms with Gasteiger partial charge >= 0.3 is 0 Å². The van der Waals surface area contributed by atoms with E-state index in [1.807, 2.05) is 0 Å². The first kappa shape index (κ1) is 16.6. The molecule has 0 amide bonds. The van der Waals surface area contributed by atoms with E-state index >= 15 is 0 Å². The van der Waals surface area contributed by atoms with Crippen molar-refractivity contribution < 1.29 is 13.5 Å². The van der Waals surface area contributed by atoms with Crippen LogP contribution in [0.1, 0.15) is 48.6 Å². The van der Waals surface area contributed by atoms with Crippen molar-refractivity contribution in [3.05, 3.63) is 35.4 Å². The van der Waals surface area contributed by atoms with Crippen molar-refractivity contribution in [3.63, 3.8) is 0 Å². The summed E-state index contributed by atoms with van der Waals surface area (Å²) < 4.78 is 28.7. The van der Waals surface area contributed by atoms with Gasteiger partial charge in [0.1, 0.15) is 6.61 Å². The van der Waals surface area contributed by atoms with Gasteiger partial charge in [-0.2, -0.15) is 0 Å². The van der Waals surface area contributed by atoms with E-state index in [1.54, 1.807) is 0 Å². The summed E-state index contributed by atoms with van der Waals surface area (Å²) in [7, 11) is 0. The van der Waals surface area contributed by atoms with E-state index in [2.05, 4.69) is 54.0 Å². The van der Waals surface area contributed by atoms with Crippen LogP contribution >= 0.6 is 15.9 Å². The summed E-state index contributed by atoms with van der Waals surface area (Å²) in [5.74, 6) is 0.567. The molecule has 2 unspecified atom stereocenters. The lowest BCUT2D eigenvalue weighted by molar-refractivity contribution is 0.0167. The third kappa shape index (κ3) is 6.00. The molecule has 0 saturated carbocycles. The SMILES string of the molecule is CCC(C)c1ccc(C(Br)CCOCC(F)F)cc1. The van der Waals surface area contributed by atoms with Gasteiger partial charge in [0.2, 0.25) is 0 Å². The van der Waals surface area contributed by atoms with Gasteiger partial charge in [-0.15, -0.1) is 0 Å². The Bertz CT molecular complexity index is 354. The predicted octanol–water partition coefficient (Wildman–Crippen LogP) is 5.31. The van der Waals surface area contributed by atoms with E-state index in [-0.39, 0.29) is 4.83 Å². The molecule has 0 spiro atoms. The van der Waals surface area contributed by atoms with Gasteiger partial charge in [0, 0.05) is 11.4 Å². The van der Waals surface area contributed by atoms with Crippen molar-refractivity contribution in [1.29, 1.82) is 0 Å². The molecule has 0 heterocycles. The monoisotopic (exact) mass is 334 g/mol. The summed E-state index contributed by atoms with van der Waals surface area (Å²) in [5, 5.41) is 0. The molecule has 0 aliphatic heterocycles. The van der Waals surface area contributed by atoms with Gasteiger partial charge in [-0.25, -0.2) is 8.78 Å².